The second-order valence-electron chi connectivity index (χ2n) is 7.25. The largest absolute Gasteiger partial charge is 0.484 e. The standard InChI is InChI=1S/C24H22N2O2.C2H2O4/c27-24(25-15-14-20-16-26-23-9-5-4-8-22(20)23)17-28-21-12-10-19(11-13-21)18-6-2-1-3-7-18;3-1(4)2(5)6/h1-13,16,26H,14-15,17H2,(H,25,27);(H,3,4)(H,5,6). The van der Waals surface area contributed by atoms with Gasteiger partial charge >= 0.3 is 11.9 Å². The summed E-state index contributed by atoms with van der Waals surface area (Å²) >= 11 is 0. The molecule has 4 aromatic rings. The van der Waals surface area contributed by atoms with E-state index in [4.69, 9.17) is 24.5 Å². The number of fused-ring (bicyclic) bond motifs is 1. The van der Waals surface area contributed by atoms with Gasteiger partial charge in [0.1, 0.15) is 5.75 Å². The zero-order valence-corrected chi connectivity index (χ0v) is 18.2. The molecule has 0 bridgehead atoms. The predicted octanol–water partition coefficient (Wildman–Crippen LogP) is 3.73. The lowest BCUT2D eigenvalue weighted by Gasteiger charge is -2.08. The number of benzene rings is 3. The maximum absolute atomic E-state index is 12.1. The van der Waals surface area contributed by atoms with Crippen LogP contribution in [0.15, 0.2) is 85.1 Å². The second-order valence-corrected chi connectivity index (χ2v) is 7.25. The minimum absolute atomic E-state index is 0.0125. The molecule has 8 heteroatoms. The summed E-state index contributed by atoms with van der Waals surface area (Å²) in [6, 6.07) is 26.1. The molecule has 8 nitrogen and oxygen atoms in total. The van der Waals surface area contributed by atoms with Crippen LogP contribution in [-0.4, -0.2) is 46.2 Å². The highest BCUT2D eigenvalue weighted by Gasteiger charge is 2.06. The molecule has 0 aliphatic rings. The van der Waals surface area contributed by atoms with Gasteiger partial charge in [0.25, 0.3) is 5.91 Å². The molecule has 4 N–H and O–H groups in total. The molecule has 0 fully saturated rings. The Labute approximate surface area is 195 Å². The number of carboxylic acids is 2. The number of amides is 1. The molecule has 0 unspecified atom stereocenters. The topological polar surface area (TPSA) is 129 Å². The molecule has 0 aliphatic heterocycles. The normalized spacial score (nSPS) is 10.1. The number of carbonyl (C=O) groups excluding carboxylic acids is 1. The molecule has 4 rings (SSSR count). The average Bonchev–Trinajstić information content (AvgIpc) is 3.27. The SMILES string of the molecule is O=C(COc1ccc(-c2ccccc2)cc1)NCCc1c[nH]c2ccccc12.O=C(O)C(=O)O. The van der Waals surface area contributed by atoms with Gasteiger partial charge in [-0.25, -0.2) is 9.59 Å². The Hall–Kier alpha value is -4.59. The Balaban J connectivity index is 0.000000481. The minimum Gasteiger partial charge on any atom is -0.484 e. The summed E-state index contributed by atoms with van der Waals surface area (Å²) in [5, 5.41) is 18.9. The fourth-order valence-corrected chi connectivity index (χ4v) is 3.25. The Morgan fingerprint density at radius 3 is 2.09 bits per heavy atom. The van der Waals surface area contributed by atoms with Crippen LogP contribution in [0.3, 0.4) is 0 Å². The van der Waals surface area contributed by atoms with E-state index in [2.05, 4.69) is 28.5 Å². The molecule has 0 radical (unpaired) electrons. The van der Waals surface area contributed by atoms with Gasteiger partial charge in [0, 0.05) is 23.6 Å². The number of hydrogen-bond donors (Lipinski definition) is 4. The lowest BCUT2D eigenvalue weighted by Crippen LogP contribution is -2.30. The van der Waals surface area contributed by atoms with Gasteiger partial charge in [-0.2, -0.15) is 0 Å². The Kier molecular flexibility index (Phi) is 8.40. The van der Waals surface area contributed by atoms with E-state index in [0.29, 0.717) is 12.3 Å². The molecule has 0 atom stereocenters. The molecule has 34 heavy (non-hydrogen) atoms. The smallest absolute Gasteiger partial charge is 0.414 e. The molecule has 0 spiro atoms. The van der Waals surface area contributed by atoms with Crippen LogP contribution in [0, 0.1) is 0 Å². The van der Waals surface area contributed by atoms with Crippen LogP contribution in [-0.2, 0) is 20.8 Å². The Morgan fingerprint density at radius 2 is 1.41 bits per heavy atom. The molecule has 0 aliphatic carbocycles. The van der Waals surface area contributed by atoms with E-state index in [1.165, 1.54) is 10.9 Å². The number of nitrogens with one attached hydrogen (secondary N) is 2. The van der Waals surface area contributed by atoms with Crippen LogP contribution in [0.4, 0.5) is 0 Å². The summed E-state index contributed by atoms with van der Waals surface area (Å²) in [7, 11) is 0. The van der Waals surface area contributed by atoms with E-state index in [1.807, 2.05) is 66.9 Å². The molecule has 1 heterocycles. The van der Waals surface area contributed by atoms with Gasteiger partial charge in [-0.15, -0.1) is 0 Å². The fraction of sp³-hybridized carbons (Fsp3) is 0.115. The van der Waals surface area contributed by atoms with Gasteiger partial charge in [0.15, 0.2) is 6.61 Å². The van der Waals surface area contributed by atoms with E-state index in [1.54, 1.807) is 0 Å². The predicted molar refractivity (Wildman–Crippen MR) is 128 cm³/mol. The molecule has 0 saturated heterocycles. The quantitative estimate of drug-likeness (QED) is 0.311. The van der Waals surface area contributed by atoms with E-state index in [9.17, 15) is 4.79 Å². The number of ether oxygens (including phenoxy) is 1. The van der Waals surface area contributed by atoms with Crippen molar-refractivity contribution in [3.05, 3.63) is 90.6 Å². The van der Waals surface area contributed by atoms with E-state index < -0.39 is 11.9 Å². The van der Waals surface area contributed by atoms with Crippen molar-refractivity contribution in [3.63, 3.8) is 0 Å². The highest BCUT2D eigenvalue weighted by Crippen LogP contribution is 2.22. The van der Waals surface area contributed by atoms with Crippen molar-refractivity contribution in [1.29, 1.82) is 0 Å². The molecule has 1 aromatic heterocycles. The number of rotatable bonds is 7. The third-order valence-corrected chi connectivity index (χ3v) is 4.91. The van der Waals surface area contributed by atoms with Crippen LogP contribution in [0.5, 0.6) is 5.75 Å². The van der Waals surface area contributed by atoms with Gasteiger partial charge in [0.2, 0.25) is 0 Å². The number of carboxylic acid groups (broad SMARTS) is 2. The van der Waals surface area contributed by atoms with Crippen LogP contribution in [0.1, 0.15) is 5.56 Å². The first-order valence-electron chi connectivity index (χ1n) is 10.5. The lowest BCUT2D eigenvalue weighted by atomic mass is 10.1. The monoisotopic (exact) mass is 460 g/mol. The van der Waals surface area contributed by atoms with E-state index >= 15 is 0 Å². The molecular weight excluding hydrogens is 436 g/mol. The number of para-hydroxylation sites is 1. The Bertz CT molecular complexity index is 1240. The highest BCUT2D eigenvalue weighted by molar-refractivity contribution is 6.27. The summed E-state index contributed by atoms with van der Waals surface area (Å²) in [4.78, 5) is 33.5. The number of H-pyrrole nitrogens is 1. The van der Waals surface area contributed by atoms with Crippen molar-refractivity contribution in [3.8, 4) is 16.9 Å². The van der Waals surface area contributed by atoms with Crippen molar-refractivity contribution in [2.24, 2.45) is 0 Å². The summed E-state index contributed by atoms with van der Waals surface area (Å²) in [6.07, 6.45) is 2.78. The number of aromatic nitrogens is 1. The van der Waals surface area contributed by atoms with Gasteiger partial charge in [-0.3, -0.25) is 4.79 Å². The minimum atomic E-state index is -1.82. The number of aromatic amines is 1. The number of carbonyl (C=O) groups is 3. The van der Waals surface area contributed by atoms with Crippen molar-refractivity contribution >= 4 is 28.7 Å². The van der Waals surface area contributed by atoms with Crippen molar-refractivity contribution in [1.82, 2.24) is 10.3 Å². The molecule has 174 valence electrons. The van der Waals surface area contributed by atoms with Crippen LogP contribution < -0.4 is 10.1 Å². The second kappa shape index (κ2) is 11.9. The van der Waals surface area contributed by atoms with Crippen molar-refractivity contribution in [2.75, 3.05) is 13.2 Å². The first-order chi connectivity index (χ1) is 16.4. The summed E-state index contributed by atoms with van der Waals surface area (Å²) in [5.41, 5.74) is 4.60. The van der Waals surface area contributed by atoms with Crippen LogP contribution >= 0.6 is 0 Å². The van der Waals surface area contributed by atoms with Crippen molar-refractivity contribution in [2.45, 2.75) is 6.42 Å². The first kappa shape index (κ1) is 24.1. The summed E-state index contributed by atoms with van der Waals surface area (Å²) in [5.74, 6) is -3.08. The Morgan fingerprint density at radius 1 is 0.794 bits per heavy atom. The van der Waals surface area contributed by atoms with Gasteiger partial charge in [0.05, 0.1) is 0 Å². The zero-order chi connectivity index (χ0) is 24.3. The first-order valence-corrected chi connectivity index (χ1v) is 10.5. The lowest BCUT2D eigenvalue weighted by molar-refractivity contribution is -0.159. The zero-order valence-electron chi connectivity index (χ0n) is 18.2. The third kappa shape index (κ3) is 6.96. The maximum atomic E-state index is 12.1. The van der Waals surface area contributed by atoms with Gasteiger partial charge in [-0.1, -0.05) is 60.7 Å². The molecular formula is C26H24N2O6. The third-order valence-electron chi connectivity index (χ3n) is 4.91. The van der Waals surface area contributed by atoms with Crippen molar-refractivity contribution < 1.29 is 29.3 Å². The molecule has 3 aromatic carbocycles. The summed E-state index contributed by atoms with van der Waals surface area (Å²) in [6.45, 7) is 0.593. The van der Waals surface area contributed by atoms with Gasteiger partial charge < -0.3 is 25.3 Å². The van der Waals surface area contributed by atoms with E-state index in [-0.39, 0.29) is 12.5 Å². The molecule has 0 saturated carbocycles. The fourth-order valence-electron chi connectivity index (χ4n) is 3.25. The average molecular weight is 460 g/mol. The van der Waals surface area contributed by atoms with Crippen LogP contribution in [0.25, 0.3) is 22.0 Å². The maximum Gasteiger partial charge on any atom is 0.414 e. The van der Waals surface area contributed by atoms with E-state index in [0.717, 1.165) is 23.1 Å². The number of hydrogen-bond acceptors (Lipinski definition) is 4. The highest BCUT2D eigenvalue weighted by atomic mass is 16.5. The summed E-state index contributed by atoms with van der Waals surface area (Å²) < 4.78 is 5.60. The number of aliphatic carboxylic acids is 2. The molecule has 1 amide bonds. The van der Waals surface area contributed by atoms with Crippen LogP contribution in [0.2, 0.25) is 0 Å². The van der Waals surface area contributed by atoms with Gasteiger partial charge in [-0.05, 0) is 41.3 Å².